The Labute approximate surface area is 169 Å². The van der Waals surface area contributed by atoms with E-state index in [4.69, 9.17) is 16.6 Å². The maximum atomic E-state index is 12.5. The SMILES string of the molecule is CN(C)c1ccc(-c2ncc3c(n2)C[C@@H](Cc2ccccc2)NC3=O)cc1Cl. The Morgan fingerprint density at radius 2 is 1.96 bits per heavy atom. The Morgan fingerprint density at radius 1 is 1.18 bits per heavy atom. The molecule has 1 aromatic heterocycles. The molecule has 0 spiro atoms. The van der Waals surface area contributed by atoms with E-state index in [0.29, 0.717) is 22.8 Å². The van der Waals surface area contributed by atoms with Gasteiger partial charge in [-0.2, -0.15) is 0 Å². The van der Waals surface area contributed by atoms with Crippen LogP contribution in [0.5, 0.6) is 0 Å². The van der Waals surface area contributed by atoms with Crippen molar-refractivity contribution < 1.29 is 4.79 Å². The van der Waals surface area contributed by atoms with Gasteiger partial charge in [-0.3, -0.25) is 4.79 Å². The summed E-state index contributed by atoms with van der Waals surface area (Å²) in [5.74, 6) is 0.467. The second-order valence-corrected chi connectivity index (χ2v) is 7.59. The standard InChI is InChI=1S/C22H21ClN4O/c1-27(2)20-9-8-15(11-18(20)23)21-24-13-17-19(26-21)12-16(25-22(17)28)10-14-6-4-3-5-7-14/h3-9,11,13,16H,10,12H2,1-2H3,(H,25,28)/t16-/m1/s1. The van der Waals surface area contributed by atoms with E-state index in [2.05, 4.69) is 22.4 Å². The highest BCUT2D eigenvalue weighted by molar-refractivity contribution is 6.33. The summed E-state index contributed by atoms with van der Waals surface area (Å²) in [5, 5.41) is 3.71. The van der Waals surface area contributed by atoms with E-state index in [1.54, 1.807) is 6.20 Å². The fourth-order valence-electron chi connectivity index (χ4n) is 3.48. The first-order valence-electron chi connectivity index (χ1n) is 9.19. The molecule has 1 aliphatic heterocycles. The molecule has 1 N–H and O–H groups in total. The predicted molar refractivity (Wildman–Crippen MR) is 112 cm³/mol. The number of fused-ring (bicyclic) bond motifs is 1. The van der Waals surface area contributed by atoms with Crippen LogP contribution in [-0.4, -0.2) is 36.0 Å². The number of amides is 1. The van der Waals surface area contributed by atoms with E-state index in [0.717, 1.165) is 23.4 Å². The fraction of sp³-hybridized carbons (Fsp3) is 0.227. The van der Waals surface area contributed by atoms with Crippen molar-refractivity contribution in [3.05, 3.63) is 76.6 Å². The summed E-state index contributed by atoms with van der Waals surface area (Å²) in [6.07, 6.45) is 3.06. The zero-order chi connectivity index (χ0) is 19.7. The first kappa shape index (κ1) is 18.4. The molecule has 4 rings (SSSR count). The van der Waals surface area contributed by atoms with E-state index in [1.165, 1.54) is 5.56 Å². The smallest absolute Gasteiger partial charge is 0.254 e. The number of nitrogens with zero attached hydrogens (tertiary/aromatic N) is 3. The summed E-state index contributed by atoms with van der Waals surface area (Å²) in [6, 6.07) is 15.9. The first-order valence-corrected chi connectivity index (χ1v) is 9.57. The monoisotopic (exact) mass is 392 g/mol. The van der Waals surface area contributed by atoms with Crippen molar-refractivity contribution in [1.29, 1.82) is 0 Å². The van der Waals surface area contributed by atoms with Crippen molar-refractivity contribution in [3.8, 4) is 11.4 Å². The fourth-order valence-corrected chi connectivity index (χ4v) is 3.83. The van der Waals surface area contributed by atoms with Gasteiger partial charge in [0.25, 0.3) is 5.91 Å². The molecule has 28 heavy (non-hydrogen) atoms. The number of aromatic nitrogens is 2. The summed E-state index contributed by atoms with van der Waals surface area (Å²) in [5.41, 5.74) is 4.29. The third-order valence-corrected chi connectivity index (χ3v) is 5.20. The van der Waals surface area contributed by atoms with E-state index < -0.39 is 0 Å². The van der Waals surface area contributed by atoms with Crippen LogP contribution in [0.2, 0.25) is 5.02 Å². The largest absolute Gasteiger partial charge is 0.376 e. The van der Waals surface area contributed by atoms with Crippen LogP contribution in [0.4, 0.5) is 5.69 Å². The quantitative estimate of drug-likeness (QED) is 0.734. The molecule has 1 amide bonds. The molecule has 1 aliphatic rings. The van der Waals surface area contributed by atoms with Crippen LogP contribution in [0.1, 0.15) is 21.6 Å². The third kappa shape index (κ3) is 3.71. The number of anilines is 1. The van der Waals surface area contributed by atoms with Gasteiger partial charge in [0.2, 0.25) is 0 Å². The minimum absolute atomic E-state index is 0.0184. The molecule has 0 saturated carbocycles. The van der Waals surface area contributed by atoms with Crippen molar-refractivity contribution >= 4 is 23.2 Å². The highest BCUT2D eigenvalue weighted by Gasteiger charge is 2.26. The van der Waals surface area contributed by atoms with E-state index in [9.17, 15) is 4.79 Å². The Bertz CT molecular complexity index is 1020. The number of halogens is 1. The van der Waals surface area contributed by atoms with Crippen LogP contribution in [0.15, 0.2) is 54.7 Å². The minimum Gasteiger partial charge on any atom is -0.376 e. The van der Waals surface area contributed by atoms with Crippen molar-refractivity contribution in [1.82, 2.24) is 15.3 Å². The molecule has 2 aromatic carbocycles. The molecule has 0 saturated heterocycles. The number of carbonyl (C=O) groups excluding carboxylic acids is 1. The van der Waals surface area contributed by atoms with Gasteiger partial charge in [0.1, 0.15) is 0 Å². The van der Waals surface area contributed by atoms with E-state index >= 15 is 0 Å². The average Bonchev–Trinajstić information content (AvgIpc) is 2.68. The van der Waals surface area contributed by atoms with Crippen LogP contribution >= 0.6 is 11.6 Å². The van der Waals surface area contributed by atoms with Gasteiger partial charge in [-0.1, -0.05) is 41.9 Å². The van der Waals surface area contributed by atoms with Gasteiger partial charge in [-0.25, -0.2) is 9.97 Å². The summed E-state index contributed by atoms with van der Waals surface area (Å²) in [6.45, 7) is 0. The lowest BCUT2D eigenvalue weighted by Gasteiger charge is -2.25. The van der Waals surface area contributed by atoms with Crippen LogP contribution < -0.4 is 10.2 Å². The van der Waals surface area contributed by atoms with Crippen LogP contribution in [0.3, 0.4) is 0 Å². The molecule has 0 fully saturated rings. The zero-order valence-electron chi connectivity index (χ0n) is 15.8. The second-order valence-electron chi connectivity index (χ2n) is 7.18. The molecule has 0 unspecified atom stereocenters. The zero-order valence-corrected chi connectivity index (χ0v) is 16.6. The number of hydrogen-bond acceptors (Lipinski definition) is 4. The number of carbonyl (C=O) groups is 1. The number of nitrogens with one attached hydrogen (secondary N) is 1. The van der Waals surface area contributed by atoms with Gasteiger partial charge < -0.3 is 10.2 Å². The molecule has 0 aliphatic carbocycles. The van der Waals surface area contributed by atoms with Gasteiger partial charge in [0.15, 0.2) is 5.82 Å². The lowest BCUT2D eigenvalue weighted by molar-refractivity contribution is 0.0923. The topological polar surface area (TPSA) is 58.1 Å². The lowest BCUT2D eigenvalue weighted by Crippen LogP contribution is -2.43. The molecule has 5 nitrogen and oxygen atoms in total. The predicted octanol–water partition coefficient (Wildman–Crippen LogP) is 3.76. The molecule has 6 heteroatoms. The summed E-state index contributed by atoms with van der Waals surface area (Å²) in [7, 11) is 3.89. The Balaban J connectivity index is 1.62. The number of rotatable bonds is 4. The van der Waals surface area contributed by atoms with Gasteiger partial charge >= 0.3 is 0 Å². The van der Waals surface area contributed by atoms with Crippen molar-refractivity contribution in [3.63, 3.8) is 0 Å². The van der Waals surface area contributed by atoms with E-state index in [-0.39, 0.29) is 11.9 Å². The Morgan fingerprint density at radius 3 is 2.68 bits per heavy atom. The molecule has 3 aromatic rings. The normalized spacial score (nSPS) is 15.7. The van der Waals surface area contributed by atoms with Gasteiger partial charge in [-0.15, -0.1) is 0 Å². The molecule has 0 radical (unpaired) electrons. The van der Waals surface area contributed by atoms with Crippen molar-refractivity contribution in [2.75, 3.05) is 19.0 Å². The molecule has 1 atom stereocenters. The van der Waals surface area contributed by atoms with E-state index in [1.807, 2.05) is 55.4 Å². The summed E-state index contributed by atoms with van der Waals surface area (Å²) < 4.78 is 0. The second kappa shape index (κ2) is 7.60. The molecular weight excluding hydrogens is 372 g/mol. The molecule has 142 valence electrons. The van der Waals surface area contributed by atoms with Crippen LogP contribution in [0, 0.1) is 0 Å². The Hall–Kier alpha value is -2.92. The molecule has 2 heterocycles. The van der Waals surface area contributed by atoms with Crippen LogP contribution in [-0.2, 0) is 12.8 Å². The highest BCUT2D eigenvalue weighted by Crippen LogP contribution is 2.29. The van der Waals surface area contributed by atoms with Gasteiger partial charge in [0.05, 0.1) is 22.0 Å². The Kier molecular flexibility index (Phi) is 5.01. The average molecular weight is 393 g/mol. The van der Waals surface area contributed by atoms with Crippen molar-refractivity contribution in [2.45, 2.75) is 18.9 Å². The van der Waals surface area contributed by atoms with Gasteiger partial charge in [0, 0.05) is 38.3 Å². The summed E-state index contributed by atoms with van der Waals surface area (Å²) >= 11 is 6.39. The molecule has 0 bridgehead atoms. The minimum atomic E-state index is -0.116. The number of benzene rings is 2. The first-order chi connectivity index (χ1) is 13.5. The summed E-state index contributed by atoms with van der Waals surface area (Å²) in [4.78, 5) is 23.5. The third-order valence-electron chi connectivity index (χ3n) is 4.90. The maximum absolute atomic E-state index is 12.5. The van der Waals surface area contributed by atoms with Crippen LogP contribution in [0.25, 0.3) is 11.4 Å². The maximum Gasteiger partial charge on any atom is 0.254 e. The molecular formula is C22H21ClN4O. The van der Waals surface area contributed by atoms with Crippen molar-refractivity contribution in [2.24, 2.45) is 0 Å². The lowest BCUT2D eigenvalue weighted by atomic mass is 9.96. The highest BCUT2D eigenvalue weighted by atomic mass is 35.5. The van der Waals surface area contributed by atoms with Gasteiger partial charge in [-0.05, 0) is 30.2 Å². The number of hydrogen-bond donors (Lipinski definition) is 1.